The lowest BCUT2D eigenvalue weighted by Crippen LogP contribution is -2.31. The summed E-state index contributed by atoms with van der Waals surface area (Å²) in [5.41, 5.74) is 10.6. The molecule has 0 aliphatic carbocycles. The van der Waals surface area contributed by atoms with Crippen molar-refractivity contribution in [3.63, 3.8) is 0 Å². The van der Waals surface area contributed by atoms with Crippen molar-refractivity contribution in [3.8, 4) is 0 Å². The third kappa shape index (κ3) is 9.88. The largest absolute Gasteiger partial charge is 0.480 e. The van der Waals surface area contributed by atoms with Crippen LogP contribution in [0.3, 0.4) is 0 Å². The van der Waals surface area contributed by atoms with Gasteiger partial charge in [0.1, 0.15) is 12.1 Å². The molecule has 0 amide bonds. The molecule has 0 aliphatic heterocycles. The highest BCUT2D eigenvalue weighted by molar-refractivity contribution is 8.00. The molecule has 6 N–H and O–H groups in total. The van der Waals surface area contributed by atoms with Gasteiger partial charge >= 0.3 is 11.9 Å². The van der Waals surface area contributed by atoms with Gasteiger partial charge < -0.3 is 21.7 Å². The molecule has 0 radical (unpaired) electrons. The molecule has 3 atom stereocenters. The van der Waals surface area contributed by atoms with Crippen molar-refractivity contribution >= 4 is 34.5 Å². The predicted molar refractivity (Wildman–Crippen MR) is 75.7 cm³/mol. The van der Waals surface area contributed by atoms with Crippen LogP contribution in [0.1, 0.15) is 12.8 Å². The van der Waals surface area contributed by atoms with Crippen molar-refractivity contribution < 1.29 is 24.0 Å². The molecule has 19 heavy (non-hydrogen) atoms. The molecule has 0 saturated carbocycles. The summed E-state index contributed by atoms with van der Waals surface area (Å²) in [4.78, 5) is 20.9. The van der Waals surface area contributed by atoms with Gasteiger partial charge in [0, 0.05) is 28.1 Å². The number of nitrogens with two attached hydrogens (primary N) is 2. The van der Waals surface area contributed by atoms with Crippen molar-refractivity contribution in [2.45, 2.75) is 24.9 Å². The first-order valence-electron chi connectivity index (χ1n) is 5.74. The number of hydrogen-bond donors (Lipinski definition) is 4. The zero-order valence-electron chi connectivity index (χ0n) is 10.5. The number of hydrogen-bond acceptors (Lipinski definition) is 6. The maximum absolute atomic E-state index is 11.5. The molecular weight excluding hydrogens is 292 g/mol. The first-order chi connectivity index (χ1) is 8.84. The van der Waals surface area contributed by atoms with Crippen molar-refractivity contribution in [3.05, 3.63) is 0 Å². The molecule has 0 aromatic carbocycles. The second-order valence-corrected chi connectivity index (χ2v) is 6.85. The fraction of sp³-hybridized carbons (Fsp3) is 0.800. The molecule has 9 heteroatoms. The summed E-state index contributed by atoms with van der Waals surface area (Å²) >= 11 is 1.48. The van der Waals surface area contributed by atoms with E-state index in [1.807, 2.05) is 0 Å². The van der Waals surface area contributed by atoms with Gasteiger partial charge in [0.25, 0.3) is 0 Å². The normalized spacial score (nSPS) is 15.7. The summed E-state index contributed by atoms with van der Waals surface area (Å²) in [6, 6.07) is -1.82. The van der Waals surface area contributed by atoms with Crippen molar-refractivity contribution in [2.24, 2.45) is 11.5 Å². The van der Waals surface area contributed by atoms with Crippen LogP contribution in [-0.2, 0) is 20.4 Å². The minimum absolute atomic E-state index is 0.191. The molecule has 0 fully saturated rings. The van der Waals surface area contributed by atoms with Gasteiger partial charge in [-0.3, -0.25) is 13.8 Å². The Hall–Kier alpha value is -0.640. The number of rotatable bonds is 11. The van der Waals surface area contributed by atoms with Gasteiger partial charge in [0.05, 0.1) is 0 Å². The standard InChI is InChI=1S/C10H20N2O5S2/c11-7(9(13)14)1-3-18-4-6-19(17)5-2-8(12)10(15)16/h7-8H,1-6,11-12H2,(H,13,14)(H,15,16)/t7-,8-,19?/m0/s1. The molecular formula is C10H20N2O5S2. The van der Waals surface area contributed by atoms with Crippen molar-refractivity contribution in [1.82, 2.24) is 0 Å². The highest BCUT2D eigenvalue weighted by atomic mass is 32.2. The van der Waals surface area contributed by atoms with Crippen LogP contribution in [0.5, 0.6) is 0 Å². The number of thioether (sulfide) groups is 1. The Morgan fingerprint density at radius 3 is 2.05 bits per heavy atom. The maximum Gasteiger partial charge on any atom is 0.320 e. The second kappa shape index (κ2) is 10.2. The molecule has 0 heterocycles. The topological polar surface area (TPSA) is 144 Å². The number of aliphatic carboxylic acids is 2. The summed E-state index contributed by atoms with van der Waals surface area (Å²) < 4.78 is 11.5. The summed E-state index contributed by atoms with van der Waals surface area (Å²) in [7, 11) is -1.09. The zero-order chi connectivity index (χ0) is 14.8. The highest BCUT2D eigenvalue weighted by Crippen LogP contribution is 2.05. The Bertz CT molecular complexity index is 327. The molecule has 0 rings (SSSR count). The average Bonchev–Trinajstić information content (AvgIpc) is 2.34. The number of carbonyl (C=O) groups is 2. The van der Waals surface area contributed by atoms with Crippen LogP contribution >= 0.6 is 11.8 Å². The van der Waals surface area contributed by atoms with E-state index in [2.05, 4.69) is 0 Å². The van der Waals surface area contributed by atoms with Gasteiger partial charge in [-0.1, -0.05) is 0 Å². The lowest BCUT2D eigenvalue weighted by Gasteiger charge is -2.07. The fourth-order valence-corrected chi connectivity index (χ4v) is 3.63. The Kier molecular flexibility index (Phi) is 9.84. The minimum atomic E-state index is -1.09. The van der Waals surface area contributed by atoms with Gasteiger partial charge in [0.2, 0.25) is 0 Å². The molecule has 112 valence electrons. The van der Waals surface area contributed by atoms with Crippen LogP contribution in [0.25, 0.3) is 0 Å². The molecule has 0 bridgehead atoms. The van der Waals surface area contributed by atoms with Crippen LogP contribution in [0.2, 0.25) is 0 Å². The molecule has 0 aliphatic rings. The zero-order valence-corrected chi connectivity index (χ0v) is 12.1. The van der Waals surface area contributed by atoms with Gasteiger partial charge in [-0.2, -0.15) is 11.8 Å². The lowest BCUT2D eigenvalue weighted by molar-refractivity contribution is -0.139. The predicted octanol–water partition coefficient (Wildman–Crippen LogP) is -0.928. The molecule has 7 nitrogen and oxygen atoms in total. The lowest BCUT2D eigenvalue weighted by atomic mass is 10.2. The van der Waals surface area contributed by atoms with E-state index in [0.717, 1.165) is 0 Å². The van der Waals surface area contributed by atoms with E-state index in [9.17, 15) is 13.8 Å². The van der Waals surface area contributed by atoms with E-state index >= 15 is 0 Å². The van der Waals surface area contributed by atoms with Gasteiger partial charge in [-0.15, -0.1) is 0 Å². The summed E-state index contributed by atoms with van der Waals surface area (Å²) in [5, 5.41) is 17.1. The van der Waals surface area contributed by atoms with Crippen LogP contribution < -0.4 is 11.5 Å². The van der Waals surface area contributed by atoms with Crippen molar-refractivity contribution in [2.75, 3.05) is 23.0 Å². The first-order valence-corrected chi connectivity index (χ1v) is 8.38. The van der Waals surface area contributed by atoms with E-state index < -0.39 is 34.8 Å². The first kappa shape index (κ1) is 18.4. The van der Waals surface area contributed by atoms with E-state index in [1.54, 1.807) is 0 Å². The van der Waals surface area contributed by atoms with E-state index in [0.29, 0.717) is 23.7 Å². The fourth-order valence-electron chi connectivity index (χ4n) is 1.07. The average molecular weight is 312 g/mol. The van der Waals surface area contributed by atoms with Crippen molar-refractivity contribution in [1.29, 1.82) is 0 Å². The monoisotopic (exact) mass is 312 g/mol. The minimum Gasteiger partial charge on any atom is -0.480 e. The smallest absolute Gasteiger partial charge is 0.320 e. The van der Waals surface area contributed by atoms with Crippen LogP contribution in [-0.4, -0.2) is 61.5 Å². The molecule has 0 aromatic rings. The Balaban J connectivity index is 3.54. The maximum atomic E-state index is 11.5. The van der Waals surface area contributed by atoms with E-state index in [-0.39, 0.29) is 12.2 Å². The number of carboxylic acid groups (broad SMARTS) is 2. The summed E-state index contributed by atoms with van der Waals surface area (Å²) in [6.07, 6.45) is 0.563. The highest BCUT2D eigenvalue weighted by Gasteiger charge is 2.13. The van der Waals surface area contributed by atoms with Crippen LogP contribution in [0.15, 0.2) is 0 Å². The molecule has 0 saturated heterocycles. The summed E-state index contributed by atoms with van der Waals surface area (Å²) in [5.74, 6) is -0.177. The Labute approximate surface area is 118 Å². The Morgan fingerprint density at radius 1 is 1.00 bits per heavy atom. The third-order valence-electron chi connectivity index (χ3n) is 2.32. The van der Waals surface area contributed by atoms with Gasteiger partial charge in [-0.05, 0) is 18.6 Å². The summed E-state index contributed by atoms with van der Waals surface area (Å²) in [6.45, 7) is 0. The number of carboxylic acids is 2. The van der Waals surface area contributed by atoms with Gasteiger partial charge in [0.15, 0.2) is 0 Å². The quantitative estimate of drug-likeness (QED) is 0.358. The van der Waals surface area contributed by atoms with E-state index in [4.69, 9.17) is 21.7 Å². The SMILES string of the molecule is N[C@@H](CCSCCS(=O)CC[C@H](N)C(=O)O)C(=O)O. The van der Waals surface area contributed by atoms with Crippen LogP contribution in [0, 0.1) is 0 Å². The van der Waals surface area contributed by atoms with E-state index in [1.165, 1.54) is 11.8 Å². The second-order valence-electron chi connectivity index (χ2n) is 3.93. The Morgan fingerprint density at radius 2 is 1.53 bits per heavy atom. The van der Waals surface area contributed by atoms with Gasteiger partial charge in [-0.25, -0.2) is 0 Å². The molecule has 0 spiro atoms. The molecule has 1 unspecified atom stereocenters. The van der Waals surface area contributed by atoms with Crippen LogP contribution in [0.4, 0.5) is 0 Å². The molecule has 0 aromatic heterocycles. The third-order valence-corrected chi connectivity index (χ3v) is 4.95.